The van der Waals surface area contributed by atoms with Gasteiger partial charge in [-0.3, -0.25) is 4.79 Å². The van der Waals surface area contributed by atoms with E-state index in [4.69, 9.17) is 0 Å². The molecule has 0 aliphatic carbocycles. The summed E-state index contributed by atoms with van der Waals surface area (Å²) in [4.78, 5) is 12.7. The first-order valence-corrected chi connectivity index (χ1v) is 11.8. The van der Waals surface area contributed by atoms with Crippen LogP contribution in [0.15, 0.2) is 48.5 Å². The van der Waals surface area contributed by atoms with E-state index in [2.05, 4.69) is 57.3 Å². The highest BCUT2D eigenvalue weighted by Crippen LogP contribution is 2.25. The summed E-state index contributed by atoms with van der Waals surface area (Å²) in [6.07, 6.45) is 2.30. The van der Waals surface area contributed by atoms with Gasteiger partial charge in [-0.25, -0.2) is 8.42 Å². The normalized spacial score (nSPS) is 13.9. The lowest BCUT2D eigenvalue weighted by Gasteiger charge is -2.24. The van der Waals surface area contributed by atoms with Gasteiger partial charge in [0.1, 0.15) is 0 Å². The lowest BCUT2D eigenvalue weighted by atomic mass is 9.92. The summed E-state index contributed by atoms with van der Waals surface area (Å²) in [6.45, 7) is 8.56. The molecule has 2 atom stereocenters. The average Bonchev–Trinajstić information content (AvgIpc) is 2.64. The van der Waals surface area contributed by atoms with E-state index in [1.165, 1.54) is 11.8 Å². The minimum Gasteiger partial charge on any atom is -0.345 e. The van der Waals surface area contributed by atoms with E-state index in [0.29, 0.717) is 17.0 Å². The largest absolute Gasteiger partial charge is 0.345 e. The van der Waals surface area contributed by atoms with Crippen LogP contribution in [0.5, 0.6) is 0 Å². The number of carbonyl (C=O) groups is 1. The molecule has 0 aromatic heterocycles. The van der Waals surface area contributed by atoms with Crippen LogP contribution in [0.1, 0.15) is 73.1 Å². The molecule has 2 aromatic carbocycles. The Morgan fingerprint density at radius 1 is 0.929 bits per heavy atom. The highest BCUT2D eigenvalue weighted by atomic mass is 32.2. The molecule has 0 saturated heterocycles. The van der Waals surface area contributed by atoms with Crippen LogP contribution >= 0.6 is 0 Å². The lowest BCUT2D eigenvalue weighted by Crippen LogP contribution is -2.31. The SMILES string of the molecule is CCC(C)c1ccc(C(NC(=O)c2ccc(CS(C)(=O)=O)cc2)C(C)C)cc1. The molecule has 2 unspecified atom stereocenters. The molecule has 0 aliphatic rings. The van der Waals surface area contributed by atoms with Crippen LogP contribution in [0, 0.1) is 5.92 Å². The monoisotopic (exact) mass is 401 g/mol. The van der Waals surface area contributed by atoms with Crippen molar-refractivity contribution in [1.29, 1.82) is 0 Å². The number of sulfone groups is 1. The van der Waals surface area contributed by atoms with Gasteiger partial charge in [0, 0.05) is 11.8 Å². The molecule has 28 heavy (non-hydrogen) atoms. The third kappa shape index (κ3) is 6.20. The first-order valence-electron chi connectivity index (χ1n) is 9.78. The van der Waals surface area contributed by atoms with Gasteiger partial charge < -0.3 is 5.32 Å². The predicted octanol–water partition coefficient (Wildman–Crippen LogP) is 4.87. The minimum absolute atomic E-state index is 0.0218. The molecule has 0 bridgehead atoms. The molecule has 2 rings (SSSR count). The molecule has 0 aliphatic heterocycles. The fraction of sp³-hybridized carbons (Fsp3) is 0.435. The zero-order valence-corrected chi connectivity index (χ0v) is 18.2. The van der Waals surface area contributed by atoms with Crippen molar-refractivity contribution in [2.45, 2.75) is 51.8 Å². The average molecular weight is 402 g/mol. The smallest absolute Gasteiger partial charge is 0.251 e. The topological polar surface area (TPSA) is 63.2 Å². The Morgan fingerprint density at radius 3 is 1.93 bits per heavy atom. The molecular weight excluding hydrogens is 370 g/mol. The van der Waals surface area contributed by atoms with Gasteiger partial charge in [0.2, 0.25) is 0 Å². The van der Waals surface area contributed by atoms with Gasteiger partial charge in [0.25, 0.3) is 5.91 Å². The minimum atomic E-state index is -3.09. The summed E-state index contributed by atoms with van der Waals surface area (Å²) >= 11 is 0. The molecule has 0 heterocycles. The van der Waals surface area contributed by atoms with E-state index in [1.807, 2.05) is 0 Å². The van der Waals surface area contributed by atoms with Crippen LogP contribution in [-0.2, 0) is 15.6 Å². The van der Waals surface area contributed by atoms with E-state index in [0.717, 1.165) is 12.0 Å². The second-order valence-electron chi connectivity index (χ2n) is 7.94. The molecular formula is C23H31NO3S. The quantitative estimate of drug-likeness (QED) is 0.686. The molecule has 0 radical (unpaired) electrons. The summed E-state index contributed by atoms with van der Waals surface area (Å²) in [7, 11) is -3.09. The Bertz CT molecular complexity index is 884. The number of carbonyl (C=O) groups excluding carboxylic acids is 1. The zero-order chi connectivity index (χ0) is 20.9. The fourth-order valence-electron chi connectivity index (χ4n) is 3.18. The Kier molecular flexibility index (Phi) is 7.41. The fourth-order valence-corrected chi connectivity index (χ4v) is 3.98. The third-order valence-corrected chi connectivity index (χ3v) is 5.93. The third-order valence-electron chi connectivity index (χ3n) is 5.08. The number of nitrogens with one attached hydrogen (secondary N) is 1. The van der Waals surface area contributed by atoms with Crippen LogP contribution < -0.4 is 5.32 Å². The van der Waals surface area contributed by atoms with Crippen molar-refractivity contribution < 1.29 is 13.2 Å². The molecule has 0 fully saturated rings. The van der Waals surface area contributed by atoms with E-state index in [9.17, 15) is 13.2 Å². The standard InChI is InChI=1S/C23H31NO3S/c1-6-17(4)19-11-13-20(14-12-19)22(16(2)3)24-23(25)21-9-7-18(8-10-21)15-28(5,26)27/h7-14,16-17,22H,6,15H2,1-5H3,(H,24,25). The summed E-state index contributed by atoms with van der Waals surface area (Å²) in [6, 6.07) is 15.1. The number of hydrogen-bond acceptors (Lipinski definition) is 3. The van der Waals surface area contributed by atoms with Gasteiger partial charge in [0.15, 0.2) is 9.84 Å². The van der Waals surface area contributed by atoms with Crippen LogP contribution in [0.3, 0.4) is 0 Å². The maximum atomic E-state index is 12.7. The summed E-state index contributed by atoms with van der Waals surface area (Å²) < 4.78 is 22.8. The van der Waals surface area contributed by atoms with Crippen LogP contribution in [-0.4, -0.2) is 20.6 Å². The van der Waals surface area contributed by atoms with E-state index < -0.39 is 9.84 Å². The van der Waals surface area contributed by atoms with Gasteiger partial charge in [-0.2, -0.15) is 0 Å². The van der Waals surface area contributed by atoms with Crippen molar-refractivity contribution in [2.75, 3.05) is 6.26 Å². The van der Waals surface area contributed by atoms with Crippen LogP contribution in [0.2, 0.25) is 0 Å². The van der Waals surface area contributed by atoms with Crippen LogP contribution in [0.25, 0.3) is 0 Å². The van der Waals surface area contributed by atoms with Gasteiger partial charge in [0.05, 0.1) is 11.8 Å². The first kappa shape index (κ1) is 22.2. The number of amides is 1. The maximum absolute atomic E-state index is 12.7. The Labute approximate surface area is 169 Å². The zero-order valence-electron chi connectivity index (χ0n) is 17.4. The number of rotatable bonds is 8. The van der Waals surface area contributed by atoms with Crippen molar-refractivity contribution in [1.82, 2.24) is 5.32 Å². The Hall–Kier alpha value is -2.14. The van der Waals surface area contributed by atoms with E-state index >= 15 is 0 Å². The highest BCUT2D eigenvalue weighted by molar-refractivity contribution is 7.89. The van der Waals surface area contributed by atoms with Crippen molar-refractivity contribution in [2.24, 2.45) is 5.92 Å². The molecule has 5 heteroatoms. The summed E-state index contributed by atoms with van der Waals surface area (Å²) in [5.74, 6) is 0.580. The van der Waals surface area contributed by atoms with Crippen LogP contribution in [0.4, 0.5) is 0 Å². The number of benzene rings is 2. The molecule has 2 aromatic rings. The summed E-state index contributed by atoms with van der Waals surface area (Å²) in [5.41, 5.74) is 3.60. The van der Waals surface area contributed by atoms with Gasteiger partial charge in [-0.05, 0) is 47.1 Å². The van der Waals surface area contributed by atoms with Crippen molar-refractivity contribution in [3.05, 3.63) is 70.8 Å². The molecule has 1 amide bonds. The van der Waals surface area contributed by atoms with Crippen molar-refractivity contribution >= 4 is 15.7 Å². The Balaban J connectivity index is 2.14. The predicted molar refractivity (Wildman–Crippen MR) is 115 cm³/mol. The molecule has 1 N–H and O–H groups in total. The summed E-state index contributed by atoms with van der Waals surface area (Å²) in [5, 5.41) is 3.12. The lowest BCUT2D eigenvalue weighted by molar-refractivity contribution is 0.0925. The maximum Gasteiger partial charge on any atom is 0.251 e. The molecule has 152 valence electrons. The second kappa shape index (κ2) is 9.37. The molecule has 0 spiro atoms. The number of hydrogen-bond donors (Lipinski definition) is 1. The molecule has 4 nitrogen and oxygen atoms in total. The molecule has 0 saturated carbocycles. The highest BCUT2D eigenvalue weighted by Gasteiger charge is 2.19. The van der Waals surface area contributed by atoms with Crippen molar-refractivity contribution in [3.8, 4) is 0 Å². The van der Waals surface area contributed by atoms with Gasteiger partial charge in [-0.1, -0.05) is 64.1 Å². The Morgan fingerprint density at radius 2 is 1.46 bits per heavy atom. The van der Waals surface area contributed by atoms with Gasteiger partial charge >= 0.3 is 0 Å². The van der Waals surface area contributed by atoms with Gasteiger partial charge in [-0.15, -0.1) is 0 Å². The second-order valence-corrected chi connectivity index (χ2v) is 10.1. The first-order chi connectivity index (χ1) is 13.1. The van der Waals surface area contributed by atoms with Crippen molar-refractivity contribution in [3.63, 3.8) is 0 Å². The van der Waals surface area contributed by atoms with E-state index in [1.54, 1.807) is 24.3 Å². The van der Waals surface area contributed by atoms with E-state index in [-0.39, 0.29) is 23.6 Å².